The normalized spacial score (nSPS) is 16.6. The van der Waals surface area contributed by atoms with Crippen LogP contribution in [0.25, 0.3) is 10.9 Å². The lowest BCUT2D eigenvalue weighted by molar-refractivity contribution is 0.246. The summed E-state index contributed by atoms with van der Waals surface area (Å²) in [7, 11) is 0. The van der Waals surface area contributed by atoms with Crippen LogP contribution in [0.5, 0.6) is 5.88 Å². The number of hydrogen-bond donors (Lipinski definition) is 1. The Morgan fingerprint density at radius 3 is 2.89 bits per heavy atom. The van der Waals surface area contributed by atoms with Gasteiger partial charge in [0, 0.05) is 17.3 Å². The van der Waals surface area contributed by atoms with Gasteiger partial charge < -0.3 is 9.72 Å². The Bertz CT molecular complexity index is 553. The van der Waals surface area contributed by atoms with Crippen LogP contribution in [-0.4, -0.2) is 16.6 Å². The van der Waals surface area contributed by atoms with Gasteiger partial charge in [-0.1, -0.05) is 12.8 Å². The van der Waals surface area contributed by atoms with E-state index in [-0.39, 0.29) is 0 Å². The third kappa shape index (κ3) is 1.98. The maximum absolute atomic E-state index is 5.93. The summed E-state index contributed by atoms with van der Waals surface area (Å²) in [4.78, 5) is 7.75. The quantitative estimate of drug-likeness (QED) is 0.893. The van der Waals surface area contributed by atoms with Crippen molar-refractivity contribution in [3.8, 4) is 5.88 Å². The first-order chi connectivity index (χ1) is 8.75. The van der Waals surface area contributed by atoms with Gasteiger partial charge in [0.2, 0.25) is 5.88 Å². The summed E-state index contributed by atoms with van der Waals surface area (Å²) in [5, 5.41) is 1.23. The molecule has 96 valence electrons. The Morgan fingerprint density at radius 1 is 1.33 bits per heavy atom. The van der Waals surface area contributed by atoms with Crippen molar-refractivity contribution in [1.82, 2.24) is 9.97 Å². The Balaban J connectivity index is 1.84. The molecule has 0 radical (unpaired) electrons. The van der Waals surface area contributed by atoms with Gasteiger partial charge in [-0.25, -0.2) is 4.98 Å². The van der Waals surface area contributed by atoms with Gasteiger partial charge in [0.25, 0.3) is 0 Å². The van der Waals surface area contributed by atoms with E-state index in [2.05, 4.69) is 29.9 Å². The van der Waals surface area contributed by atoms with Crippen LogP contribution in [0.4, 0.5) is 0 Å². The number of aromatic amines is 1. The Morgan fingerprint density at radius 2 is 2.11 bits per heavy atom. The fraction of sp³-hybridized carbons (Fsp3) is 0.533. The minimum atomic E-state index is 0.721. The van der Waals surface area contributed by atoms with Crippen LogP contribution >= 0.6 is 0 Å². The molecule has 3 rings (SSSR count). The molecule has 0 amide bonds. The summed E-state index contributed by atoms with van der Waals surface area (Å²) in [6.45, 7) is 5.04. The lowest BCUT2D eigenvalue weighted by Crippen LogP contribution is -2.09. The molecule has 0 aliphatic heterocycles. The van der Waals surface area contributed by atoms with E-state index in [1.807, 2.05) is 6.20 Å². The van der Waals surface area contributed by atoms with Gasteiger partial charge in [0.15, 0.2) is 0 Å². The maximum atomic E-state index is 5.93. The van der Waals surface area contributed by atoms with Gasteiger partial charge in [0.1, 0.15) is 5.52 Å². The number of nitrogens with one attached hydrogen (secondary N) is 1. The Labute approximate surface area is 108 Å². The van der Waals surface area contributed by atoms with Crippen molar-refractivity contribution >= 4 is 10.9 Å². The highest BCUT2D eigenvalue weighted by atomic mass is 16.5. The fourth-order valence-corrected chi connectivity index (χ4v) is 2.84. The number of aromatic nitrogens is 2. The van der Waals surface area contributed by atoms with Gasteiger partial charge >= 0.3 is 0 Å². The number of nitrogens with zero attached hydrogens (tertiary/aromatic N) is 1. The van der Waals surface area contributed by atoms with Crippen molar-refractivity contribution in [2.45, 2.75) is 39.5 Å². The monoisotopic (exact) mass is 244 g/mol. The van der Waals surface area contributed by atoms with Gasteiger partial charge in [-0.05, 0) is 44.2 Å². The van der Waals surface area contributed by atoms with E-state index in [0.717, 1.165) is 23.9 Å². The van der Waals surface area contributed by atoms with Gasteiger partial charge in [0.05, 0.1) is 6.61 Å². The van der Waals surface area contributed by atoms with E-state index in [9.17, 15) is 0 Å². The summed E-state index contributed by atoms with van der Waals surface area (Å²) in [5.74, 6) is 1.48. The second kappa shape index (κ2) is 4.63. The SMILES string of the molecule is Cc1[nH]c2c(OCC3CCCC3)nccc2c1C. The lowest BCUT2D eigenvalue weighted by atomic mass is 10.1. The largest absolute Gasteiger partial charge is 0.476 e. The second-order valence-corrected chi connectivity index (χ2v) is 5.38. The number of rotatable bonds is 3. The van der Waals surface area contributed by atoms with Crippen molar-refractivity contribution in [2.24, 2.45) is 5.92 Å². The minimum absolute atomic E-state index is 0.721. The van der Waals surface area contributed by atoms with Crippen LogP contribution in [0.15, 0.2) is 12.3 Å². The molecule has 2 aromatic heterocycles. The summed E-state index contributed by atoms with van der Waals surface area (Å²) < 4.78 is 5.93. The zero-order valence-electron chi connectivity index (χ0n) is 11.1. The molecule has 0 atom stereocenters. The molecule has 3 heteroatoms. The first kappa shape index (κ1) is 11.6. The topological polar surface area (TPSA) is 37.9 Å². The van der Waals surface area contributed by atoms with Crippen LogP contribution in [0.1, 0.15) is 36.9 Å². The summed E-state index contributed by atoms with van der Waals surface area (Å²) in [6.07, 6.45) is 7.16. The molecule has 1 saturated carbocycles. The highest BCUT2D eigenvalue weighted by molar-refractivity contribution is 5.87. The average Bonchev–Trinajstić information content (AvgIpc) is 2.98. The predicted octanol–water partition coefficient (Wildman–Crippen LogP) is 3.75. The number of H-pyrrole nitrogens is 1. The highest BCUT2D eigenvalue weighted by Gasteiger charge is 2.17. The molecule has 1 fully saturated rings. The summed E-state index contributed by atoms with van der Waals surface area (Å²) >= 11 is 0. The third-order valence-electron chi connectivity index (χ3n) is 4.13. The van der Waals surface area contributed by atoms with Crippen LogP contribution in [0.2, 0.25) is 0 Å². The van der Waals surface area contributed by atoms with Crippen LogP contribution in [0.3, 0.4) is 0 Å². The van der Waals surface area contributed by atoms with Gasteiger partial charge in [-0.3, -0.25) is 0 Å². The van der Waals surface area contributed by atoms with E-state index < -0.39 is 0 Å². The minimum Gasteiger partial charge on any atom is -0.476 e. The van der Waals surface area contributed by atoms with Crippen molar-refractivity contribution < 1.29 is 4.74 Å². The molecule has 0 saturated heterocycles. The van der Waals surface area contributed by atoms with Crippen LogP contribution < -0.4 is 4.74 Å². The molecule has 0 aromatic carbocycles. The van der Waals surface area contributed by atoms with E-state index >= 15 is 0 Å². The Hall–Kier alpha value is -1.51. The second-order valence-electron chi connectivity index (χ2n) is 5.38. The predicted molar refractivity (Wildman–Crippen MR) is 73.0 cm³/mol. The molecule has 2 aromatic rings. The molecular weight excluding hydrogens is 224 g/mol. The summed E-state index contributed by atoms with van der Waals surface area (Å²) in [6, 6.07) is 2.05. The smallest absolute Gasteiger partial charge is 0.238 e. The van der Waals surface area contributed by atoms with Crippen molar-refractivity contribution in [3.05, 3.63) is 23.5 Å². The van der Waals surface area contributed by atoms with Gasteiger partial charge in [-0.15, -0.1) is 0 Å². The molecule has 0 bridgehead atoms. The van der Waals surface area contributed by atoms with Crippen molar-refractivity contribution in [3.63, 3.8) is 0 Å². The zero-order chi connectivity index (χ0) is 12.5. The third-order valence-corrected chi connectivity index (χ3v) is 4.13. The molecular formula is C15H20N2O. The van der Waals surface area contributed by atoms with Gasteiger partial charge in [-0.2, -0.15) is 0 Å². The number of ether oxygens (including phenoxy) is 1. The van der Waals surface area contributed by atoms with Crippen LogP contribution in [0, 0.1) is 19.8 Å². The molecule has 3 nitrogen and oxygen atoms in total. The Kier molecular flexibility index (Phi) is 2.98. The molecule has 1 aliphatic rings. The number of fused-ring (bicyclic) bond motifs is 1. The maximum Gasteiger partial charge on any atom is 0.238 e. The van der Waals surface area contributed by atoms with Crippen LogP contribution in [-0.2, 0) is 0 Å². The zero-order valence-corrected chi connectivity index (χ0v) is 11.1. The average molecular weight is 244 g/mol. The van der Waals surface area contributed by atoms with Crippen molar-refractivity contribution in [2.75, 3.05) is 6.61 Å². The van der Waals surface area contributed by atoms with E-state index in [1.165, 1.54) is 42.3 Å². The first-order valence-electron chi connectivity index (χ1n) is 6.82. The molecule has 1 aliphatic carbocycles. The van der Waals surface area contributed by atoms with E-state index in [0.29, 0.717) is 0 Å². The number of aryl methyl sites for hydroxylation is 2. The lowest BCUT2D eigenvalue weighted by Gasteiger charge is -2.10. The molecule has 2 heterocycles. The van der Waals surface area contributed by atoms with E-state index in [4.69, 9.17) is 4.74 Å². The number of hydrogen-bond acceptors (Lipinski definition) is 2. The molecule has 18 heavy (non-hydrogen) atoms. The molecule has 0 unspecified atom stereocenters. The van der Waals surface area contributed by atoms with Crippen molar-refractivity contribution in [1.29, 1.82) is 0 Å². The fourth-order valence-electron chi connectivity index (χ4n) is 2.84. The number of pyridine rings is 1. The summed E-state index contributed by atoms with van der Waals surface area (Å²) in [5.41, 5.74) is 3.53. The highest BCUT2D eigenvalue weighted by Crippen LogP contribution is 2.29. The molecule has 0 spiro atoms. The first-order valence-corrected chi connectivity index (χ1v) is 6.82. The standard InChI is InChI=1S/C15H20N2O/c1-10-11(2)17-14-13(10)7-8-16-15(14)18-9-12-5-3-4-6-12/h7-8,12,17H,3-6,9H2,1-2H3. The molecule has 1 N–H and O–H groups in total. The van der Waals surface area contributed by atoms with E-state index in [1.54, 1.807) is 0 Å².